The standard InChI is InChI=1S/C20H24FN3O4S/c1-13-11-14(2)16(4)20(15(13)3)29(27,28)23-9-7-22(8-10-23)19-6-5-17(24(25)26)12-18(19)21/h5-6,11-12H,7-10H2,1-4H3. The SMILES string of the molecule is Cc1cc(C)c(C)c(S(=O)(=O)N2CCN(c3ccc([N+](=O)[O-])cc3F)CC2)c1C. The van der Waals surface area contributed by atoms with E-state index in [1.165, 1.54) is 16.4 Å². The number of non-ortho nitro benzene ring substituents is 1. The summed E-state index contributed by atoms with van der Waals surface area (Å²) in [6.07, 6.45) is 0. The second kappa shape index (κ2) is 7.72. The predicted molar refractivity (Wildman–Crippen MR) is 109 cm³/mol. The molecule has 1 aliphatic heterocycles. The van der Waals surface area contributed by atoms with Crippen LogP contribution in [-0.4, -0.2) is 43.8 Å². The van der Waals surface area contributed by atoms with Gasteiger partial charge in [0.25, 0.3) is 5.69 Å². The van der Waals surface area contributed by atoms with Crippen molar-refractivity contribution < 1.29 is 17.7 Å². The second-order valence-electron chi connectivity index (χ2n) is 7.37. The fraction of sp³-hybridized carbons (Fsp3) is 0.400. The molecule has 3 rings (SSSR count). The summed E-state index contributed by atoms with van der Waals surface area (Å²) < 4.78 is 42.4. The number of nitro benzene ring substituents is 1. The van der Waals surface area contributed by atoms with Gasteiger partial charge >= 0.3 is 0 Å². The van der Waals surface area contributed by atoms with Crippen molar-refractivity contribution in [3.8, 4) is 0 Å². The van der Waals surface area contributed by atoms with E-state index in [2.05, 4.69) is 0 Å². The lowest BCUT2D eigenvalue weighted by atomic mass is 10.0. The van der Waals surface area contributed by atoms with Gasteiger partial charge in [0.1, 0.15) is 0 Å². The third kappa shape index (κ3) is 3.84. The molecule has 1 aliphatic rings. The van der Waals surface area contributed by atoms with Crippen molar-refractivity contribution in [3.63, 3.8) is 0 Å². The summed E-state index contributed by atoms with van der Waals surface area (Å²) in [4.78, 5) is 12.2. The predicted octanol–water partition coefficient (Wildman–Crippen LogP) is 3.48. The molecule has 0 amide bonds. The van der Waals surface area contributed by atoms with Gasteiger partial charge in [0.2, 0.25) is 10.0 Å². The van der Waals surface area contributed by atoms with E-state index in [0.717, 1.165) is 28.3 Å². The Hall–Kier alpha value is -2.52. The first kappa shape index (κ1) is 21.2. The summed E-state index contributed by atoms with van der Waals surface area (Å²) >= 11 is 0. The molecule has 0 aliphatic carbocycles. The molecule has 0 radical (unpaired) electrons. The highest BCUT2D eigenvalue weighted by molar-refractivity contribution is 7.89. The maximum atomic E-state index is 14.3. The quantitative estimate of drug-likeness (QED) is 0.557. The molecule has 0 N–H and O–H groups in total. The van der Waals surface area contributed by atoms with Gasteiger partial charge in [-0.05, 0) is 56.0 Å². The van der Waals surface area contributed by atoms with E-state index >= 15 is 0 Å². The van der Waals surface area contributed by atoms with Gasteiger partial charge in [-0.2, -0.15) is 4.31 Å². The number of hydrogen-bond donors (Lipinski definition) is 0. The van der Waals surface area contributed by atoms with Crippen LogP contribution in [0.3, 0.4) is 0 Å². The smallest absolute Gasteiger partial charge is 0.272 e. The van der Waals surface area contributed by atoms with Crippen LogP contribution in [0.15, 0.2) is 29.2 Å². The Bertz CT molecular complexity index is 1050. The molecule has 1 saturated heterocycles. The van der Waals surface area contributed by atoms with Crippen LogP contribution in [0.1, 0.15) is 22.3 Å². The van der Waals surface area contributed by atoms with Gasteiger partial charge in [0.15, 0.2) is 5.82 Å². The number of halogens is 1. The fourth-order valence-corrected chi connectivity index (χ4v) is 5.73. The van der Waals surface area contributed by atoms with Crippen molar-refractivity contribution in [1.82, 2.24) is 4.31 Å². The number of nitro groups is 1. The number of hydrogen-bond acceptors (Lipinski definition) is 5. The van der Waals surface area contributed by atoms with E-state index in [1.54, 1.807) is 4.90 Å². The number of rotatable bonds is 4. The Kier molecular flexibility index (Phi) is 5.64. The third-order valence-corrected chi connectivity index (χ3v) is 7.79. The van der Waals surface area contributed by atoms with Gasteiger partial charge in [-0.1, -0.05) is 6.07 Å². The summed E-state index contributed by atoms with van der Waals surface area (Å²) in [5.41, 5.74) is 3.28. The third-order valence-electron chi connectivity index (χ3n) is 5.62. The average molecular weight is 421 g/mol. The van der Waals surface area contributed by atoms with E-state index in [-0.39, 0.29) is 24.5 Å². The van der Waals surface area contributed by atoms with Crippen molar-refractivity contribution in [3.05, 3.63) is 62.5 Å². The van der Waals surface area contributed by atoms with Gasteiger partial charge < -0.3 is 4.90 Å². The molecular formula is C20H24FN3O4S. The summed E-state index contributed by atoms with van der Waals surface area (Å²) in [6.45, 7) is 8.46. The molecule has 1 heterocycles. The van der Waals surface area contributed by atoms with Crippen LogP contribution in [0.4, 0.5) is 15.8 Å². The molecule has 0 bridgehead atoms. The highest BCUT2D eigenvalue weighted by Crippen LogP contribution is 2.30. The first-order chi connectivity index (χ1) is 13.5. The molecule has 7 nitrogen and oxygen atoms in total. The Balaban J connectivity index is 1.84. The van der Waals surface area contributed by atoms with Gasteiger partial charge in [-0.3, -0.25) is 10.1 Å². The summed E-state index contributed by atoms with van der Waals surface area (Å²) in [6, 6.07) is 5.50. The Morgan fingerprint density at radius 1 is 0.966 bits per heavy atom. The fourth-order valence-electron chi connectivity index (χ4n) is 3.73. The van der Waals surface area contributed by atoms with Crippen LogP contribution in [0.2, 0.25) is 0 Å². The lowest BCUT2D eigenvalue weighted by Crippen LogP contribution is -2.49. The van der Waals surface area contributed by atoms with Crippen LogP contribution in [0.5, 0.6) is 0 Å². The van der Waals surface area contributed by atoms with E-state index < -0.39 is 20.8 Å². The van der Waals surface area contributed by atoms with E-state index in [9.17, 15) is 22.9 Å². The average Bonchev–Trinajstić information content (AvgIpc) is 2.66. The lowest BCUT2D eigenvalue weighted by molar-refractivity contribution is -0.385. The van der Waals surface area contributed by atoms with Crippen LogP contribution >= 0.6 is 0 Å². The maximum absolute atomic E-state index is 14.3. The van der Waals surface area contributed by atoms with Crippen LogP contribution < -0.4 is 4.90 Å². The van der Waals surface area contributed by atoms with Gasteiger partial charge in [0.05, 0.1) is 21.6 Å². The topological polar surface area (TPSA) is 83.8 Å². The molecule has 2 aromatic carbocycles. The van der Waals surface area contributed by atoms with Crippen molar-refractivity contribution in [2.45, 2.75) is 32.6 Å². The molecule has 156 valence electrons. The monoisotopic (exact) mass is 421 g/mol. The molecule has 9 heteroatoms. The highest BCUT2D eigenvalue weighted by atomic mass is 32.2. The van der Waals surface area contributed by atoms with Crippen LogP contribution in [0.25, 0.3) is 0 Å². The largest absolute Gasteiger partial charge is 0.367 e. The van der Waals surface area contributed by atoms with Crippen molar-refractivity contribution in [2.75, 3.05) is 31.1 Å². The molecule has 29 heavy (non-hydrogen) atoms. The number of anilines is 1. The van der Waals surface area contributed by atoms with E-state index in [4.69, 9.17) is 0 Å². The van der Waals surface area contributed by atoms with Crippen molar-refractivity contribution >= 4 is 21.4 Å². The van der Waals surface area contributed by atoms with Crippen molar-refractivity contribution in [2.24, 2.45) is 0 Å². The van der Waals surface area contributed by atoms with Crippen LogP contribution in [0, 0.1) is 43.6 Å². The molecule has 1 fully saturated rings. The zero-order chi connectivity index (χ0) is 21.5. The summed E-state index contributed by atoms with van der Waals surface area (Å²) in [5.74, 6) is -0.684. The number of aryl methyl sites for hydroxylation is 2. The van der Waals surface area contributed by atoms with Gasteiger partial charge in [-0.25, -0.2) is 12.8 Å². The molecule has 0 spiro atoms. The van der Waals surface area contributed by atoms with Gasteiger partial charge in [0, 0.05) is 32.2 Å². The highest BCUT2D eigenvalue weighted by Gasteiger charge is 2.32. The minimum Gasteiger partial charge on any atom is -0.367 e. The zero-order valence-electron chi connectivity index (χ0n) is 16.9. The Labute approximate surface area is 170 Å². The maximum Gasteiger partial charge on any atom is 0.272 e. The minimum atomic E-state index is -3.68. The lowest BCUT2D eigenvalue weighted by Gasteiger charge is -2.36. The molecule has 2 aromatic rings. The summed E-state index contributed by atoms with van der Waals surface area (Å²) in [7, 11) is -3.68. The second-order valence-corrected chi connectivity index (χ2v) is 9.25. The van der Waals surface area contributed by atoms with E-state index in [0.29, 0.717) is 18.0 Å². The number of nitrogens with zero attached hydrogens (tertiary/aromatic N) is 3. The molecular weight excluding hydrogens is 397 g/mol. The number of sulfonamides is 1. The van der Waals surface area contributed by atoms with E-state index in [1.807, 2.05) is 33.8 Å². The minimum absolute atomic E-state index is 0.213. The molecule has 0 saturated carbocycles. The molecule has 0 unspecified atom stereocenters. The Morgan fingerprint density at radius 2 is 1.52 bits per heavy atom. The first-order valence-electron chi connectivity index (χ1n) is 9.30. The normalized spacial score (nSPS) is 15.6. The van der Waals surface area contributed by atoms with Crippen molar-refractivity contribution in [1.29, 1.82) is 0 Å². The number of piperazine rings is 1. The first-order valence-corrected chi connectivity index (χ1v) is 10.7. The Morgan fingerprint density at radius 3 is 2.00 bits per heavy atom. The molecule has 0 atom stereocenters. The van der Waals surface area contributed by atoms with Gasteiger partial charge in [-0.15, -0.1) is 0 Å². The zero-order valence-corrected chi connectivity index (χ0v) is 17.7. The molecule has 0 aromatic heterocycles. The van der Waals surface area contributed by atoms with Crippen LogP contribution in [-0.2, 0) is 10.0 Å². The summed E-state index contributed by atoms with van der Waals surface area (Å²) in [5, 5.41) is 10.8. The number of benzene rings is 2.